The fourth-order valence-electron chi connectivity index (χ4n) is 2.49. The van der Waals surface area contributed by atoms with Crippen molar-refractivity contribution in [1.82, 2.24) is 10.6 Å². The Morgan fingerprint density at radius 3 is 2.30 bits per heavy atom. The van der Waals surface area contributed by atoms with Crippen LogP contribution in [-0.2, 0) is 11.2 Å². The molecule has 2 rings (SSSR count). The van der Waals surface area contributed by atoms with Gasteiger partial charge in [0.05, 0.1) is 27.8 Å². The van der Waals surface area contributed by atoms with Gasteiger partial charge in [0, 0.05) is 18.7 Å². The quantitative estimate of drug-likeness (QED) is 0.656. The molecule has 0 saturated carbocycles. The van der Waals surface area contributed by atoms with Crippen LogP contribution in [0.1, 0.15) is 15.9 Å². The summed E-state index contributed by atoms with van der Waals surface area (Å²) in [5.74, 6) is 1.37. The lowest BCUT2D eigenvalue weighted by atomic mass is 10.1. The first-order chi connectivity index (χ1) is 13.1. The first-order valence-electron chi connectivity index (χ1n) is 8.47. The molecule has 0 spiro atoms. The Kier molecular flexibility index (Phi) is 7.49. The Hall–Kier alpha value is -3.22. The second-order valence-electron chi connectivity index (χ2n) is 5.70. The molecule has 144 valence electrons. The molecule has 27 heavy (non-hydrogen) atoms. The Labute approximate surface area is 158 Å². The average molecular weight is 372 g/mol. The lowest BCUT2D eigenvalue weighted by molar-refractivity contribution is -0.120. The van der Waals surface area contributed by atoms with Gasteiger partial charge in [-0.25, -0.2) is 0 Å². The van der Waals surface area contributed by atoms with Crippen LogP contribution >= 0.6 is 0 Å². The largest absolute Gasteiger partial charge is 0.497 e. The highest BCUT2D eigenvalue weighted by Gasteiger charge is 2.10. The number of hydrogen-bond acceptors (Lipinski definition) is 5. The molecule has 0 heterocycles. The van der Waals surface area contributed by atoms with Crippen LogP contribution in [0.5, 0.6) is 17.2 Å². The Morgan fingerprint density at radius 1 is 0.852 bits per heavy atom. The van der Waals surface area contributed by atoms with Crippen LogP contribution in [0.15, 0.2) is 42.5 Å². The van der Waals surface area contributed by atoms with Crippen molar-refractivity contribution >= 4 is 11.8 Å². The van der Waals surface area contributed by atoms with Crippen LogP contribution < -0.4 is 24.8 Å². The number of carbonyl (C=O) groups excluding carboxylic acids is 2. The zero-order chi connectivity index (χ0) is 19.6. The maximum Gasteiger partial charge on any atom is 0.251 e. The fourth-order valence-corrected chi connectivity index (χ4v) is 2.49. The molecule has 0 aliphatic heterocycles. The molecular formula is C20H24N2O5. The second-order valence-corrected chi connectivity index (χ2v) is 5.70. The number of nitrogens with one attached hydrogen (secondary N) is 2. The van der Waals surface area contributed by atoms with Gasteiger partial charge in [0.1, 0.15) is 5.75 Å². The van der Waals surface area contributed by atoms with Crippen molar-refractivity contribution in [2.45, 2.75) is 6.42 Å². The molecule has 0 saturated heterocycles. The maximum atomic E-state index is 12.2. The minimum Gasteiger partial charge on any atom is -0.497 e. The number of ether oxygens (including phenoxy) is 3. The SMILES string of the molecule is COc1cccc(CC(=O)NCCNC(=O)c2ccc(OC)c(OC)c2)c1. The zero-order valence-electron chi connectivity index (χ0n) is 15.7. The minimum absolute atomic E-state index is 0.122. The summed E-state index contributed by atoms with van der Waals surface area (Å²) in [6, 6.07) is 12.3. The summed E-state index contributed by atoms with van der Waals surface area (Å²) in [4.78, 5) is 24.2. The molecule has 2 amide bonds. The van der Waals surface area contributed by atoms with Crippen molar-refractivity contribution in [3.63, 3.8) is 0 Å². The number of hydrogen-bond donors (Lipinski definition) is 2. The number of amides is 2. The van der Waals surface area contributed by atoms with E-state index in [2.05, 4.69) is 10.6 Å². The van der Waals surface area contributed by atoms with Crippen molar-refractivity contribution in [1.29, 1.82) is 0 Å². The van der Waals surface area contributed by atoms with E-state index >= 15 is 0 Å². The summed E-state index contributed by atoms with van der Waals surface area (Å²) in [5, 5.41) is 5.53. The van der Waals surface area contributed by atoms with Gasteiger partial charge in [0.2, 0.25) is 5.91 Å². The second kappa shape index (κ2) is 10.1. The molecule has 0 fully saturated rings. The van der Waals surface area contributed by atoms with Gasteiger partial charge in [0.15, 0.2) is 11.5 Å². The third-order valence-corrected chi connectivity index (χ3v) is 3.88. The molecule has 2 aromatic rings. The van der Waals surface area contributed by atoms with E-state index in [0.717, 1.165) is 5.56 Å². The third-order valence-electron chi connectivity index (χ3n) is 3.88. The van der Waals surface area contributed by atoms with E-state index in [9.17, 15) is 9.59 Å². The molecule has 0 aliphatic carbocycles. The van der Waals surface area contributed by atoms with Gasteiger partial charge in [-0.2, -0.15) is 0 Å². The van der Waals surface area contributed by atoms with E-state index in [1.54, 1.807) is 25.3 Å². The Balaban J connectivity index is 1.77. The highest BCUT2D eigenvalue weighted by Crippen LogP contribution is 2.27. The van der Waals surface area contributed by atoms with Crippen LogP contribution in [0, 0.1) is 0 Å². The van der Waals surface area contributed by atoms with E-state index in [4.69, 9.17) is 14.2 Å². The number of rotatable bonds is 9. The monoisotopic (exact) mass is 372 g/mol. The Bertz CT molecular complexity index is 792. The fraction of sp³-hybridized carbons (Fsp3) is 0.300. The molecule has 2 N–H and O–H groups in total. The zero-order valence-corrected chi connectivity index (χ0v) is 15.7. The predicted octanol–water partition coefficient (Wildman–Crippen LogP) is 1.80. The van der Waals surface area contributed by atoms with Gasteiger partial charge < -0.3 is 24.8 Å². The van der Waals surface area contributed by atoms with E-state index in [1.165, 1.54) is 14.2 Å². The van der Waals surface area contributed by atoms with Crippen LogP contribution in [0.3, 0.4) is 0 Å². The number of carbonyl (C=O) groups is 2. The van der Waals surface area contributed by atoms with Crippen molar-refractivity contribution in [3.05, 3.63) is 53.6 Å². The molecule has 0 aromatic heterocycles. The first kappa shape index (κ1) is 20.1. The molecule has 7 heteroatoms. The summed E-state index contributed by atoms with van der Waals surface area (Å²) in [6.07, 6.45) is 0.251. The summed E-state index contributed by atoms with van der Waals surface area (Å²) in [6.45, 7) is 0.652. The van der Waals surface area contributed by atoms with Gasteiger partial charge >= 0.3 is 0 Å². The topological polar surface area (TPSA) is 85.9 Å². The molecule has 7 nitrogen and oxygen atoms in total. The van der Waals surface area contributed by atoms with Crippen molar-refractivity contribution in [3.8, 4) is 17.2 Å². The lowest BCUT2D eigenvalue weighted by Gasteiger charge is -2.10. The predicted molar refractivity (Wildman–Crippen MR) is 102 cm³/mol. The van der Waals surface area contributed by atoms with E-state index in [0.29, 0.717) is 35.9 Å². The number of benzene rings is 2. The molecule has 0 bridgehead atoms. The average Bonchev–Trinajstić information content (AvgIpc) is 2.70. The first-order valence-corrected chi connectivity index (χ1v) is 8.47. The van der Waals surface area contributed by atoms with Crippen molar-refractivity contribution < 1.29 is 23.8 Å². The van der Waals surface area contributed by atoms with Crippen LogP contribution in [0.2, 0.25) is 0 Å². The molecule has 0 atom stereocenters. The molecule has 0 unspecified atom stereocenters. The maximum absolute atomic E-state index is 12.2. The van der Waals surface area contributed by atoms with Crippen molar-refractivity contribution in [2.75, 3.05) is 34.4 Å². The van der Waals surface area contributed by atoms with Crippen LogP contribution in [-0.4, -0.2) is 46.2 Å². The normalized spacial score (nSPS) is 10.0. The van der Waals surface area contributed by atoms with Gasteiger partial charge in [-0.3, -0.25) is 9.59 Å². The standard InChI is InChI=1S/C20H24N2O5/c1-25-16-6-4-5-14(11-16)12-19(23)21-9-10-22-20(24)15-7-8-17(26-2)18(13-15)27-3/h4-8,11,13H,9-10,12H2,1-3H3,(H,21,23)(H,22,24). The van der Waals surface area contributed by atoms with Crippen LogP contribution in [0.4, 0.5) is 0 Å². The van der Waals surface area contributed by atoms with E-state index < -0.39 is 0 Å². The van der Waals surface area contributed by atoms with E-state index in [-0.39, 0.29) is 18.2 Å². The minimum atomic E-state index is -0.252. The summed E-state index contributed by atoms with van der Waals surface area (Å²) in [5.41, 5.74) is 1.32. The highest BCUT2D eigenvalue weighted by atomic mass is 16.5. The third kappa shape index (κ3) is 5.91. The van der Waals surface area contributed by atoms with Crippen LogP contribution in [0.25, 0.3) is 0 Å². The lowest BCUT2D eigenvalue weighted by Crippen LogP contribution is -2.35. The summed E-state index contributed by atoms with van der Waals surface area (Å²) in [7, 11) is 4.63. The van der Waals surface area contributed by atoms with Gasteiger partial charge in [-0.05, 0) is 35.9 Å². The smallest absolute Gasteiger partial charge is 0.251 e. The summed E-state index contributed by atoms with van der Waals surface area (Å²) < 4.78 is 15.5. The number of methoxy groups -OCH3 is 3. The molecule has 0 aliphatic rings. The molecule has 2 aromatic carbocycles. The van der Waals surface area contributed by atoms with Gasteiger partial charge in [-0.15, -0.1) is 0 Å². The molecule has 0 radical (unpaired) electrons. The van der Waals surface area contributed by atoms with Gasteiger partial charge in [0.25, 0.3) is 5.91 Å². The molecular weight excluding hydrogens is 348 g/mol. The summed E-state index contributed by atoms with van der Waals surface area (Å²) >= 11 is 0. The van der Waals surface area contributed by atoms with Gasteiger partial charge in [-0.1, -0.05) is 12.1 Å². The Morgan fingerprint density at radius 2 is 1.59 bits per heavy atom. The highest BCUT2D eigenvalue weighted by molar-refractivity contribution is 5.94. The van der Waals surface area contributed by atoms with Crippen molar-refractivity contribution in [2.24, 2.45) is 0 Å². The van der Waals surface area contributed by atoms with E-state index in [1.807, 2.05) is 24.3 Å².